The van der Waals surface area contributed by atoms with Crippen LogP contribution in [0, 0.1) is 17.6 Å². The van der Waals surface area contributed by atoms with Crippen molar-refractivity contribution in [3.05, 3.63) is 70.7 Å². The van der Waals surface area contributed by atoms with Crippen LogP contribution in [0.3, 0.4) is 0 Å². The number of hydrogen-bond donors (Lipinski definition) is 1. The number of nitrogens with zero attached hydrogens (tertiary/aromatic N) is 4. The molecule has 2 fully saturated rings. The number of amides is 1. The van der Waals surface area contributed by atoms with Gasteiger partial charge in [-0.25, -0.2) is 18.4 Å². The van der Waals surface area contributed by atoms with Gasteiger partial charge < -0.3 is 5.32 Å². The molecule has 1 amide bonds. The number of benzene rings is 1. The first-order valence-electron chi connectivity index (χ1n) is 11.0. The van der Waals surface area contributed by atoms with E-state index in [2.05, 4.69) is 27.3 Å². The van der Waals surface area contributed by atoms with Crippen molar-refractivity contribution >= 4 is 11.7 Å². The second kappa shape index (κ2) is 7.20. The summed E-state index contributed by atoms with van der Waals surface area (Å²) in [5.74, 6) is -0.480. The molecular weight excluding hydrogens is 412 g/mol. The number of fused-ring (bicyclic) bond motifs is 3. The Morgan fingerprint density at radius 3 is 2.81 bits per heavy atom. The molecule has 32 heavy (non-hydrogen) atoms. The molecule has 8 heteroatoms. The number of rotatable bonds is 4. The summed E-state index contributed by atoms with van der Waals surface area (Å²) in [6.07, 6.45) is 5.86. The molecule has 1 saturated carbocycles. The van der Waals surface area contributed by atoms with Crippen LogP contribution in [0.1, 0.15) is 58.5 Å². The van der Waals surface area contributed by atoms with Gasteiger partial charge in [0.2, 0.25) is 0 Å². The van der Waals surface area contributed by atoms with Crippen LogP contribution in [-0.2, 0) is 6.42 Å². The maximum Gasteiger partial charge on any atom is 0.277 e. The quantitative estimate of drug-likeness (QED) is 0.667. The van der Waals surface area contributed by atoms with Gasteiger partial charge in [-0.1, -0.05) is 6.07 Å². The Morgan fingerprint density at radius 1 is 1.22 bits per heavy atom. The predicted octanol–water partition coefficient (Wildman–Crippen LogP) is 4.22. The first kappa shape index (κ1) is 19.5. The number of aromatic nitrogens is 3. The molecule has 2 aromatic heterocycles. The highest BCUT2D eigenvalue weighted by Gasteiger charge is 2.50. The minimum absolute atomic E-state index is 0.164. The predicted molar refractivity (Wildman–Crippen MR) is 115 cm³/mol. The number of hydrogen-bond acceptors (Lipinski definition) is 4. The Morgan fingerprint density at radius 2 is 2.09 bits per heavy atom. The number of anilines is 1. The molecule has 3 aromatic rings. The van der Waals surface area contributed by atoms with E-state index in [4.69, 9.17) is 0 Å². The molecule has 0 unspecified atom stereocenters. The summed E-state index contributed by atoms with van der Waals surface area (Å²) in [6, 6.07) is 7.60. The zero-order valence-corrected chi connectivity index (χ0v) is 17.7. The third kappa shape index (κ3) is 3.12. The third-order valence-corrected chi connectivity index (χ3v) is 7.05. The van der Waals surface area contributed by atoms with Crippen LogP contribution >= 0.6 is 0 Å². The van der Waals surface area contributed by atoms with Crippen molar-refractivity contribution in [3.8, 4) is 5.69 Å². The lowest BCUT2D eigenvalue weighted by molar-refractivity contribution is 0.102. The average Bonchev–Trinajstić information content (AvgIpc) is 3.09. The lowest BCUT2D eigenvalue weighted by atomic mass is 10.1. The lowest BCUT2D eigenvalue weighted by Gasteiger charge is -2.19. The molecule has 164 valence electrons. The van der Waals surface area contributed by atoms with Gasteiger partial charge >= 0.3 is 0 Å². The van der Waals surface area contributed by atoms with E-state index in [1.807, 2.05) is 18.3 Å². The van der Waals surface area contributed by atoms with Crippen molar-refractivity contribution in [3.63, 3.8) is 0 Å². The molecule has 0 bridgehead atoms. The number of nitrogens with one attached hydrogen (secondary N) is 1. The molecule has 3 atom stereocenters. The Bertz CT molecular complexity index is 1220. The highest BCUT2D eigenvalue weighted by molar-refractivity contribution is 6.03. The average molecular weight is 435 g/mol. The molecular formula is C24H23F2N5O. The van der Waals surface area contributed by atoms with Gasteiger partial charge in [-0.3, -0.25) is 9.69 Å². The second-order valence-corrected chi connectivity index (χ2v) is 9.10. The van der Waals surface area contributed by atoms with Gasteiger partial charge in [0.15, 0.2) is 11.5 Å². The van der Waals surface area contributed by atoms with Crippen molar-refractivity contribution in [2.24, 2.45) is 5.92 Å². The molecule has 6 rings (SSSR count). The number of likely N-dealkylation sites (tertiary alicyclic amines) is 1. The fraction of sp³-hybridized carbons (Fsp3) is 0.375. The van der Waals surface area contributed by atoms with Gasteiger partial charge in [0.05, 0.1) is 5.69 Å². The van der Waals surface area contributed by atoms with E-state index < -0.39 is 11.6 Å². The Kier molecular flexibility index (Phi) is 4.40. The van der Waals surface area contributed by atoms with Crippen molar-refractivity contribution in [2.75, 3.05) is 18.9 Å². The lowest BCUT2D eigenvalue weighted by Crippen LogP contribution is -2.18. The minimum Gasteiger partial charge on any atom is -0.305 e. The van der Waals surface area contributed by atoms with Crippen LogP contribution in [-0.4, -0.2) is 39.2 Å². The van der Waals surface area contributed by atoms with Crippen LogP contribution in [0.25, 0.3) is 5.69 Å². The maximum atomic E-state index is 14.5. The Hall–Kier alpha value is -3.13. The normalized spacial score (nSPS) is 23.8. The second-order valence-electron chi connectivity index (χ2n) is 9.10. The highest BCUT2D eigenvalue weighted by atomic mass is 19.1. The van der Waals surface area contributed by atoms with Crippen LogP contribution < -0.4 is 5.32 Å². The van der Waals surface area contributed by atoms with Crippen LogP contribution in [0.15, 0.2) is 36.5 Å². The molecule has 0 spiro atoms. The van der Waals surface area contributed by atoms with E-state index >= 15 is 0 Å². The van der Waals surface area contributed by atoms with E-state index in [1.54, 1.807) is 0 Å². The van der Waals surface area contributed by atoms with E-state index in [-0.39, 0.29) is 23.2 Å². The zero-order chi connectivity index (χ0) is 22.0. The van der Waals surface area contributed by atoms with Gasteiger partial charge in [-0.2, -0.15) is 5.10 Å². The van der Waals surface area contributed by atoms with Gasteiger partial charge in [0, 0.05) is 29.8 Å². The molecule has 3 aliphatic rings. The largest absolute Gasteiger partial charge is 0.305 e. The fourth-order valence-corrected chi connectivity index (χ4v) is 5.32. The summed E-state index contributed by atoms with van der Waals surface area (Å²) < 4.78 is 29.4. The van der Waals surface area contributed by atoms with Gasteiger partial charge in [0.1, 0.15) is 17.3 Å². The minimum atomic E-state index is -0.694. The first-order chi connectivity index (χ1) is 15.5. The smallest absolute Gasteiger partial charge is 0.277 e. The number of carbonyl (C=O) groups is 1. The van der Waals surface area contributed by atoms with Crippen molar-refractivity contribution in [1.82, 2.24) is 19.7 Å². The monoisotopic (exact) mass is 435 g/mol. The van der Waals surface area contributed by atoms with E-state index in [1.165, 1.54) is 23.2 Å². The summed E-state index contributed by atoms with van der Waals surface area (Å²) in [7, 11) is 2.11. The van der Waals surface area contributed by atoms with Gasteiger partial charge in [-0.05, 0) is 69.0 Å². The van der Waals surface area contributed by atoms with Gasteiger partial charge in [-0.15, -0.1) is 0 Å². The first-order valence-corrected chi connectivity index (χ1v) is 11.0. The molecule has 2 aliphatic carbocycles. The summed E-state index contributed by atoms with van der Waals surface area (Å²) in [5.41, 5.74) is 3.32. The fourth-order valence-electron chi connectivity index (χ4n) is 5.32. The standard InChI is InChI=1S/C24H23F2N5O/c1-30-8-2-3-19(30)13-4-7-21(27-12-13)28-24(32)22-17-10-14-9-16(14)23(17)31(29-22)20-6-5-15(25)11-18(20)26/h4-7,11-12,14,16,19H,2-3,8-10H2,1H3,(H,27,28,32)/t14-,16-,19+/m1/s1. The number of carbonyl (C=O) groups excluding carboxylic acids is 1. The third-order valence-electron chi connectivity index (χ3n) is 7.05. The van der Waals surface area contributed by atoms with Crippen LogP contribution in [0.2, 0.25) is 0 Å². The molecule has 1 saturated heterocycles. The van der Waals surface area contributed by atoms with Crippen molar-refractivity contribution in [1.29, 1.82) is 0 Å². The Balaban J connectivity index is 1.29. The van der Waals surface area contributed by atoms with E-state index in [0.717, 1.165) is 48.7 Å². The molecule has 0 radical (unpaired) electrons. The van der Waals surface area contributed by atoms with Crippen molar-refractivity contribution in [2.45, 2.75) is 37.6 Å². The van der Waals surface area contributed by atoms with Gasteiger partial charge in [0.25, 0.3) is 5.91 Å². The molecule has 6 nitrogen and oxygen atoms in total. The molecule has 1 aliphatic heterocycles. The summed E-state index contributed by atoms with van der Waals surface area (Å²) in [6.45, 7) is 1.08. The van der Waals surface area contributed by atoms with Crippen LogP contribution in [0.5, 0.6) is 0 Å². The number of halogens is 2. The van der Waals surface area contributed by atoms with Crippen molar-refractivity contribution < 1.29 is 13.6 Å². The molecule has 1 aromatic carbocycles. The SMILES string of the molecule is CN1CCC[C@H]1c1ccc(NC(=O)c2nn(-c3ccc(F)cc3F)c3c2C[C@H]2C[C@@H]32)nc1. The zero-order valence-electron chi connectivity index (χ0n) is 17.7. The topological polar surface area (TPSA) is 63.1 Å². The highest BCUT2D eigenvalue weighted by Crippen LogP contribution is 2.57. The summed E-state index contributed by atoms with van der Waals surface area (Å²) >= 11 is 0. The van der Waals surface area contributed by atoms with E-state index in [9.17, 15) is 13.6 Å². The Labute approximate surface area is 184 Å². The molecule has 3 heterocycles. The van der Waals surface area contributed by atoms with E-state index in [0.29, 0.717) is 17.8 Å². The summed E-state index contributed by atoms with van der Waals surface area (Å²) in [5, 5.41) is 7.31. The summed E-state index contributed by atoms with van der Waals surface area (Å²) in [4.78, 5) is 19.8. The maximum absolute atomic E-state index is 14.5. The molecule has 1 N–H and O–H groups in total. The van der Waals surface area contributed by atoms with Crippen LogP contribution in [0.4, 0.5) is 14.6 Å². The number of pyridine rings is 1.